The van der Waals surface area contributed by atoms with Gasteiger partial charge in [-0.1, -0.05) is 18.6 Å². The van der Waals surface area contributed by atoms with Crippen LogP contribution in [0.5, 0.6) is 0 Å². The Kier molecular flexibility index (Phi) is 3.82. The molecule has 2 aromatic rings. The van der Waals surface area contributed by atoms with Crippen molar-refractivity contribution in [3.63, 3.8) is 0 Å². The summed E-state index contributed by atoms with van der Waals surface area (Å²) in [7, 11) is 0. The van der Waals surface area contributed by atoms with Gasteiger partial charge in [0.2, 0.25) is 0 Å². The molecule has 0 saturated carbocycles. The molecule has 1 aromatic carbocycles. The van der Waals surface area contributed by atoms with E-state index >= 15 is 0 Å². The lowest BCUT2D eigenvalue weighted by molar-refractivity contribution is 0.117. The standard InChI is InChI=1S/C14H19NO2/c1-3-6-16-9-12(15)14-8-11-7-10(2)4-5-13(11)17-14/h4-5,7-8,12H,3,6,9,15H2,1-2H3. The highest BCUT2D eigenvalue weighted by atomic mass is 16.5. The Morgan fingerprint density at radius 1 is 1.35 bits per heavy atom. The van der Waals surface area contributed by atoms with E-state index in [1.54, 1.807) is 0 Å². The zero-order valence-electron chi connectivity index (χ0n) is 10.4. The average molecular weight is 233 g/mol. The summed E-state index contributed by atoms with van der Waals surface area (Å²) < 4.78 is 11.1. The van der Waals surface area contributed by atoms with Crippen molar-refractivity contribution in [2.45, 2.75) is 26.3 Å². The number of ether oxygens (including phenoxy) is 1. The summed E-state index contributed by atoms with van der Waals surface area (Å²) >= 11 is 0. The number of nitrogens with two attached hydrogens (primary N) is 1. The average Bonchev–Trinajstić information content (AvgIpc) is 2.72. The van der Waals surface area contributed by atoms with Crippen molar-refractivity contribution < 1.29 is 9.15 Å². The van der Waals surface area contributed by atoms with Gasteiger partial charge in [0.05, 0.1) is 12.6 Å². The van der Waals surface area contributed by atoms with Gasteiger partial charge in [0.25, 0.3) is 0 Å². The Balaban J connectivity index is 2.12. The SMILES string of the molecule is CCCOCC(N)c1cc2cc(C)ccc2o1. The molecule has 17 heavy (non-hydrogen) atoms. The van der Waals surface area contributed by atoms with Crippen LogP contribution in [-0.2, 0) is 4.74 Å². The van der Waals surface area contributed by atoms with Gasteiger partial charge in [-0.3, -0.25) is 0 Å². The molecule has 3 nitrogen and oxygen atoms in total. The molecule has 92 valence electrons. The Morgan fingerprint density at radius 2 is 2.18 bits per heavy atom. The van der Waals surface area contributed by atoms with Crippen LogP contribution in [0, 0.1) is 6.92 Å². The van der Waals surface area contributed by atoms with E-state index in [9.17, 15) is 0 Å². The lowest BCUT2D eigenvalue weighted by Crippen LogP contribution is -2.16. The van der Waals surface area contributed by atoms with Gasteiger partial charge in [-0.25, -0.2) is 0 Å². The van der Waals surface area contributed by atoms with Crippen LogP contribution in [-0.4, -0.2) is 13.2 Å². The lowest BCUT2D eigenvalue weighted by atomic mass is 10.1. The zero-order chi connectivity index (χ0) is 12.3. The first-order chi connectivity index (χ1) is 8.20. The van der Waals surface area contributed by atoms with Crippen LogP contribution in [0.1, 0.15) is 30.7 Å². The van der Waals surface area contributed by atoms with E-state index in [0.717, 1.165) is 29.8 Å². The number of furan rings is 1. The summed E-state index contributed by atoms with van der Waals surface area (Å²) in [6.07, 6.45) is 1.01. The predicted octanol–water partition coefficient (Wildman–Crippen LogP) is 3.17. The number of benzene rings is 1. The molecule has 0 bridgehead atoms. The maximum atomic E-state index is 6.02. The fraction of sp³-hybridized carbons (Fsp3) is 0.429. The third kappa shape index (κ3) is 2.87. The number of hydrogen-bond donors (Lipinski definition) is 1. The van der Waals surface area contributed by atoms with Gasteiger partial charge < -0.3 is 14.9 Å². The van der Waals surface area contributed by atoms with Gasteiger partial charge in [0.15, 0.2) is 0 Å². The minimum absolute atomic E-state index is 0.186. The second-order valence-corrected chi connectivity index (χ2v) is 4.37. The maximum Gasteiger partial charge on any atom is 0.134 e. The largest absolute Gasteiger partial charge is 0.459 e. The van der Waals surface area contributed by atoms with E-state index in [4.69, 9.17) is 14.9 Å². The van der Waals surface area contributed by atoms with Crippen LogP contribution in [0.4, 0.5) is 0 Å². The van der Waals surface area contributed by atoms with Gasteiger partial charge in [0, 0.05) is 12.0 Å². The topological polar surface area (TPSA) is 48.4 Å². The predicted molar refractivity (Wildman–Crippen MR) is 69.0 cm³/mol. The molecular formula is C14H19NO2. The first-order valence-corrected chi connectivity index (χ1v) is 6.04. The number of fused-ring (bicyclic) bond motifs is 1. The summed E-state index contributed by atoms with van der Waals surface area (Å²) in [6, 6.07) is 7.93. The number of rotatable bonds is 5. The Hall–Kier alpha value is -1.32. The Morgan fingerprint density at radius 3 is 2.94 bits per heavy atom. The van der Waals surface area contributed by atoms with Gasteiger partial charge in [0.1, 0.15) is 11.3 Å². The van der Waals surface area contributed by atoms with E-state index in [-0.39, 0.29) is 6.04 Å². The molecular weight excluding hydrogens is 214 g/mol. The number of aryl methyl sites for hydroxylation is 1. The minimum Gasteiger partial charge on any atom is -0.459 e. The molecule has 1 aromatic heterocycles. The van der Waals surface area contributed by atoms with Gasteiger partial charge in [-0.15, -0.1) is 0 Å². The highest BCUT2D eigenvalue weighted by Crippen LogP contribution is 2.24. The van der Waals surface area contributed by atoms with Crippen molar-refractivity contribution in [2.24, 2.45) is 5.73 Å². The van der Waals surface area contributed by atoms with Crippen LogP contribution in [0.2, 0.25) is 0 Å². The summed E-state index contributed by atoms with van der Waals surface area (Å²) in [5.74, 6) is 0.793. The molecule has 2 N–H and O–H groups in total. The molecule has 0 spiro atoms. The normalized spacial score (nSPS) is 13.1. The lowest BCUT2D eigenvalue weighted by Gasteiger charge is -2.08. The molecule has 1 unspecified atom stereocenters. The van der Waals surface area contributed by atoms with E-state index in [1.807, 2.05) is 18.2 Å². The van der Waals surface area contributed by atoms with Crippen molar-refractivity contribution >= 4 is 11.0 Å². The molecule has 0 aliphatic heterocycles. The van der Waals surface area contributed by atoms with Crippen LogP contribution in [0.25, 0.3) is 11.0 Å². The molecule has 3 heteroatoms. The summed E-state index contributed by atoms with van der Waals surface area (Å²) in [5, 5.41) is 1.10. The molecule has 2 rings (SSSR count). The molecule has 0 radical (unpaired) electrons. The summed E-state index contributed by atoms with van der Waals surface area (Å²) in [5.41, 5.74) is 8.13. The van der Waals surface area contributed by atoms with Crippen molar-refractivity contribution in [1.82, 2.24) is 0 Å². The quantitative estimate of drug-likeness (QED) is 0.807. The third-order valence-electron chi connectivity index (χ3n) is 2.70. The third-order valence-corrected chi connectivity index (χ3v) is 2.70. The van der Waals surface area contributed by atoms with Crippen LogP contribution in [0.3, 0.4) is 0 Å². The van der Waals surface area contributed by atoms with E-state index < -0.39 is 0 Å². The van der Waals surface area contributed by atoms with Gasteiger partial charge in [-0.05, 0) is 31.5 Å². The van der Waals surface area contributed by atoms with Crippen molar-refractivity contribution in [3.05, 3.63) is 35.6 Å². The van der Waals surface area contributed by atoms with E-state index in [0.29, 0.717) is 6.61 Å². The van der Waals surface area contributed by atoms with Crippen LogP contribution in [0.15, 0.2) is 28.7 Å². The highest BCUT2D eigenvalue weighted by Gasteiger charge is 2.12. The fourth-order valence-electron chi connectivity index (χ4n) is 1.80. The van der Waals surface area contributed by atoms with Crippen molar-refractivity contribution in [3.8, 4) is 0 Å². The van der Waals surface area contributed by atoms with Crippen LogP contribution < -0.4 is 5.73 Å². The van der Waals surface area contributed by atoms with E-state index in [2.05, 4.69) is 19.9 Å². The first-order valence-electron chi connectivity index (χ1n) is 6.04. The second kappa shape index (κ2) is 5.34. The van der Waals surface area contributed by atoms with Gasteiger partial charge in [-0.2, -0.15) is 0 Å². The molecule has 1 heterocycles. The van der Waals surface area contributed by atoms with Crippen LogP contribution >= 0.6 is 0 Å². The highest BCUT2D eigenvalue weighted by molar-refractivity contribution is 5.78. The van der Waals surface area contributed by atoms with Crippen molar-refractivity contribution in [1.29, 1.82) is 0 Å². The zero-order valence-corrected chi connectivity index (χ0v) is 10.4. The molecule has 0 aliphatic rings. The first kappa shape index (κ1) is 12.1. The van der Waals surface area contributed by atoms with Gasteiger partial charge >= 0.3 is 0 Å². The molecule has 0 saturated heterocycles. The minimum atomic E-state index is -0.186. The molecule has 0 fully saturated rings. The maximum absolute atomic E-state index is 6.02. The Labute approximate surface area is 102 Å². The monoisotopic (exact) mass is 233 g/mol. The van der Waals surface area contributed by atoms with Crippen molar-refractivity contribution in [2.75, 3.05) is 13.2 Å². The van der Waals surface area contributed by atoms with E-state index in [1.165, 1.54) is 5.56 Å². The molecule has 0 amide bonds. The number of hydrogen-bond acceptors (Lipinski definition) is 3. The molecule has 1 atom stereocenters. The molecule has 0 aliphatic carbocycles. The Bertz CT molecular complexity index is 490. The second-order valence-electron chi connectivity index (χ2n) is 4.37. The fourth-order valence-corrected chi connectivity index (χ4v) is 1.80. The summed E-state index contributed by atoms with van der Waals surface area (Å²) in [4.78, 5) is 0. The summed E-state index contributed by atoms with van der Waals surface area (Å²) in [6.45, 7) is 5.39. The smallest absolute Gasteiger partial charge is 0.134 e.